The summed E-state index contributed by atoms with van der Waals surface area (Å²) in [5, 5.41) is 7.18. The summed E-state index contributed by atoms with van der Waals surface area (Å²) in [4.78, 5) is 3.87. The van der Waals surface area contributed by atoms with E-state index in [4.69, 9.17) is 15.9 Å². The van der Waals surface area contributed by atoms with Gasteiger partial charge >= 0.3 is 0 Å². The van der Waals surface area contributed by atoms with Crippen molar-refractivity contribution in [3.05, 3.63) is 53.7 Å². The van der Waals surface area contributed by atoms with Gasteiger partial charge in [0.15, 0.2) is 0 Å². The first kappa shape index (κ1) is 12.0. The lowest BCUT2D eigenvalue weighted by molar-refractivity contribution is 0.451. The fourth-order valence-electron chi connectivity index (χ4n) is 1.31. The van der Waals surface area contributed by atoms with Crippen molar-refractivity contribution in [3.8, 4) is 11.6 Å². The first-order valence-corrected chi connectivity index (χ1v) is 4.99. The predicted molar refractivity (Wildman–Crippen MR) is 61.7 cm³/mol. The van der Waals surface area contributed by atoms with Crippen molar-refractivity contribution in [2.75, 3.05) is 0 Å². The second kappa shape index (κ2) is 4.79. The molecule has 2 aromatic rings. The van der Waals surface area contributed by atoms with Crippen LogP contribution in [0.5, 0.6) is 11.6 Å². The van der Waals surface area contributed by atoms with Gasteiger partial charge in [-0.25, -0.2) is 13.8 Å². The average Bonchev–Trinajstić information content (AvgIpc) is 2.28. The molecule has 0 aliphatic rings. The molecular weight excluding hydrogens is 240 g/mol. The number of hydrogen-bond donors (Lipinski definition) is 2. The molecule has 0 atom stereocenters. The summed E-state index contributed by atoms with van der Waals surface area (Å²) in [7, 11) is 0. The Balaban J connectivity index is 2.20. The number of rotatable bonds is 3. The number of nitrogen functional groups attached to an aromatic ring is 1. The molecule has 0 aliphatic heterocycles. The summed E-state index contributed by atoms with van der Waals surface area (Å²) in [5.74, 6) is -1.41. The normalized spacial score (nSPS) is 10.1. The van der Waals surface area contributed by atoms with Gasteiger partial charge < -0.3 is 10.5 Å². The van der Waals surface area contributed by atoms with E-state index in [0.29, 0.717) is 5.56 Å². The van der Waals surface area contributed by atoms with E-state index in [0.717, 1.165) is 18.2 Å². The van der Waals surface area contributed by atoms with E-state index in [2.05, 4.69) is 4.98 Å². The quantitative estimate of drug-likeness (QED) is 0.648. The minimum Gasteiger partial charge on any atom is -0.439 e. The van der Waals surface area contributed by atoms with Gasteiger partial charge in [-0.3, -0.25) is 5.41 Å². The summed E-state index contributed by atoms with van der Waals surface area (Å²) in [6.07, 6.45) is 1.34. The Morgan fingerprint density at radius 2 is 1.83 bits per heavy atom. The number of nitrogens with two attached hydrogens (primary N) is 1. The summed E-state index contributed by atoms with van der Waals surface area (Å²) in [6, 6.07) is 5.83. The highest BCUT2D eigenvalue weighted by atomic mass is 19.1. The van der Waals surface area contributed by atoms with Crippen molar-refractivity contribution in [3.63, 3.8) is 0 Å². The van der Waals surface area contributed by atoms with Crippen molar-refractivity contribution in [2.24, 2.45) is 5.73 Å². The van der Waals surface area contributed by atoms with E-state index >= 15 is 0 Å². The summed E-state index contributed by atoms with van der Waals surface area (Å²) < 4.78 is 31.0. The van der Waals surface area contributed by atoms with E-state index in [1.807, 2.05) is 0 Å². The molecule has 0 saturated carbocycles. The lowest BCUT2D eigenvalue weighted by Crippen LogP contribution is -2.11. The largest absolute Gasteiger partial charge is 0.439 e. The van der Waals surface area contributed by atoms with Crippen molar-refractivity contribution < 1.29 is 13.5 Å². The highest BCUT2D eigenvalue weighted by molar-refractivity contribution is 5.94. The van der Waals surface area contributed by atoms with Crippen LogP contribution in [0.1, 0.15) is 5.56 Å². The van der Waals surface area contributed by atoms with Gasteiger partial charge in [-0.2, -0.15) is 0 Å². The molecule has 1 aromatic heterocycles. The second-order valence-corrected chi connectivity index (χ2v) is 3.51. The van der Waals surface area contributed by atoms with Crippen molar-refractivity contribution >= 4 is 5.84 Å². The Bertz CT molecular complexity index is 564. The molecule has 1 aromatic carbocycles. The van der Waals surface area contributed by atoms with E-state index in [-0.39, 0.29) is 17.5 Å². The summed E-state index contributed by atoms with van der Waals surface area (Å²) in [5.41, 5.74) is 5.70. The molecule has 2 rings (SSSR count). The standard InChI is InChI=1S/C12H9F2N3O/c13-8-3-9(14)5-10(4-8)18-11-2-1-7(6-17-11)12(15)16/h1-6H,(H3,15,16). The minimum atomic E-state index is -0.731. The lowest BCUT2D eigenvalue weighted by atomic mass is 10.3. The number of nitrogens with one attached hydrogen (secondary N) is 1. The van der Waals surface area contributed by atoms with Gasteiger partial charge in [0, 0.05) is 36.0 Å². The highest BCUT2D eigenvalue weighted by Crippen LogP contribution is 2.21. The van der Waals surface area contributed by atoms with Crippen LogP contribution in [-0.2, 0) is 0 Å². The average molecular weight is 249 g/mol. The zero-order valence-electron chi connectivity index (χ0n) is 9.15. The fraction of sp³-hybridized carbons (Fsp3) is 0. The molecule has 3 N–H and O–H groups in total. The molecule has 0 fully saturated rings. The predicted octanol–water partition coefficient (Wildman–Crippen LogP) is 2.44. The maximum atomic E-state index is 12.9. The van der Waals surface area contributed by atoms with Crippen LogP contribution in [0.15, 0.2) is 36.5 Å². The maximum absolute atomic E-state index is 12.9. The molecule has 0 saturated heterocycles. The van der Waals surface area contributed by atoms with E-state index in [9.17, 15) is 8.78 Å². The molecule has 92 valence electrons. The van der Waals surface area contributed by atoms with Crippen LogP contribution in [-0.4, -0.2) is 10.8 Å². The van der Waals surface area contributed by atoms with Crippen LogP contribution in [0.3, 0.4) is 0 Å². The van der Waals surface area contributed by atoms with Crippen LogP contribution in [0.25, 0.3) is 0 Å². The molecule has 1 heterocycles. The highest BCUT2D eigenvalue weighted by Gasteiger charge is 2.04. The van der Waals surface area contributed by atoms with Crippen LogP contribution in [0.4, 0.5) is 8.78 Å². The number of pyridine rings is 1. The molecule has 18 heavy (non-hydrogen) atoms. The first-order valence-electron chi connectivity index (χ1n) is 4.99. The molecule has 4 nitrogen and oxygen atoms in total. The van der Waals surface area contributed by atoms with Gasteiger partial charge in [0.2, 0.25) is 5.88 Å². The monoisotopic (exact) mass is 249 g/mol. The third kappa shape index (κ3) is 2.79. The Morgan fingerprint density at radius 1 is 1.17 bits per heavy atom. The lowest BCUT2D eigenvalue weighted by Gasteiger charge is -2.05. The number of nitrogens with zero attached hydrogens (tertiary/aromatic N) is 1. The van der Waals surface area contributed by atoms with Crippen molar-refractivity contribution in [1.82, 2.24) is 4.98 Å². The first-order chi connectivity index (χ1) is 8.54. The number of aromatic nitrogens is 1. The summed E-state index contributed by atoms with van der Waals surface area (Å²) in [6.45, 7) is 0. The smallest absolute Gasteiger partial charge is 0.219 e. The van der Waals surface area contributed by atoms with Crippen LogP contribution < -0.4 is 10.5 Å². The molecule has 0 radical (unpaired) electrons. The number of hydrogen-bond acceptors (Lipinski definition) is 3. The van der Waals surface area contributed by atoms with Gasteiger partial charge in [-0.05, 0) is 6.07 Å². The topological polar surface area (TPSA) is 72.0 Å². The zero-order chi connectivity index (χ0) is 13.1. The van der Waals surface area contributed by atoms with Crippen molar-refractivity contribution in [1.29, 1.82) is 5.41 Å². The third-order valence-electron chi connectivity index (χ3n) is 2.11. The molecule has 0 amide bonds. The van der Waals surface area contributed by atoms with Gasteiger partial charge in [0.05, 0.1) is 0 Å². The van der Waals surface area contributed by atoms with Gasteiger partial charge in [0.25, 0.3) is 0 Å². The Labute approximate surface area is 102 Å². The van der Waals surface area contributed by atoms with Crippen LogP contribution >= 0.6 is 0 Å². The van der Waals surface area contributed by atoms with Crippen molar-refractivity contribution in [2.45, 2.75) is 0 Å². The van der Waals surface area contributed by atoms with Crippen LogP contribution in [0, 0.1) is 17.0 Å². The number of halogens is 2. The SMILES string of the molecule is N=C(N)c1ccc(Oc2cc(F)cc(F)c2)nc1. The molecule has 0 unspecified atom stereocenters. The minimum absolute atomic E-state index is 0.00979. The number of ether oxygens (including phenoxy) is 1. The van der Waals surface area contributed by atoms with Crippen LogP contribution in [0.2, 0.25) is 0 Å². The second-order valence-electron chi connectivity index (χ2n) is 3.51. The zero-order valence-corrected chi connectivity index (χ0v) is 9.15. The number of benzene rings is 1. The van der Waals surface area contributed by atoms with Gasteiger partial charge in [-0.1, -0.05) is 0 Å². The Kier molecular flexibility index (Phi) is 3.18. The number of amidine groups is 1. The Hall–Kier alpha value is -2.50. The maximum Gasteiger partial charge on any atom is 0.219 e. The van der Waals surface area contributed by atoms with E-state index in [1.165, 1.54) is 18.3 Å². The Morgan fingerprint density at radius 3 is 2.33 bits per heavy atom. The molecule has 6 heteroatoms. The fourth-order valence-corrected chi connectivity index (χ4v) is 1.31. The third-order valence-corrected chi connectivity index (χ3v) is 2.11. The molecule has 0 aliphatic carbocycles. The summed E-state index contributed by atoms with van der Waals surface area (Å²) >= 11 is 0. The molecular formula is C12H9F2N3O. The molecule has 0 bridgehead atoms. The van der Waals surface area contributed by atoms with E-state index in [1.54, 1.807) is 0 Å². The van der Waals surface area contributed by atoms with E-state index < -0.39 is 11.6 Å². The van der Waals surface area contributed by atoms with Gasteiger partial charge in [-0.15, -0.1) is 0 Å². The molecule has 0 spiro atoms. The van der Waals surface area contributed by atoms with Gasteiger partial charge in [0.1, 0.15) is 23.2 Å².